The highest BCUT2D eigenvalue weighted by molar-refractivity contribution is 5.74. The second kappa shape index (κ2) is 14.1. The number of hydrogen-bond acceptors (Lipinski definition) is 1. The molecule has 0 aliphatic heterocycles. The van der Waals surface area contributed by atoms with Crippen LogP contribution in [0.25, 0.3) is 0 Å². The molecule has 0 aromatic heterocycles. The Bertz CT molecular complexity index is 262. The SMILES string of the molecule is CCCCCCCCCCCCC(CC)(CCCC)C(=O)O. The summed E-state index contributed by atoms with van der Waals surface area (Å²) in [5.41, 5.74) is -0.448. The van der Waals surface area contributed by atoms with Gasteiger partial charge < -0.3 is 5.11 Å². The second-order valence-corrected chi connectivity index (χ2v) is 6.97. The number of hydrogen-bond donors (Lipinski definition) is 1. The monoisotopic (exact) mass is 312 g/mol. The quantitative estimate of drug-likeness (QED) is 0.312. The molecular weight excluding hydrogens is 272 g/mol. The van der Waals surface area contributed by atoms with Gasteiger partial charge in [-0.3, -0.25) is 4.79 Å². The fourth-order valence-electron chi connectivity index (χ4n) is 3.31. The van der Waals surface area contributed by atoms with E-state index in [0.717, 1.165) is 38.5 Å². The molecule has 0 aliphatic carbocycles. The summed E-state index contributed by atoms with van der Waals surface area (Å²) in [5, 5.41) is 9.59. The lowest BCUT2D eigenvalue weighted by Gasteiger charge is -2.28. The lowest BCUT2D eigenvalue weighted by molar-refractivity contribution is -0.150. The van der Waals surface area contributed by atoms with Gasteiger partial charge in [0.2, 0.25) is 0 Å². The van der Waals surface area contributed by atoms with Gasteiger partial charge in [0.15, 0.2) is 0 Å². The van der Waals surface area contributed by atoms with Gasteiger partial charge in [0, 0.05) is 0 Å². The summed E-state index contributed by atoms with van der Waals surface area (Å²) in [4.78, 5) is 11.6. The Morgan fingerprint density at radius 3 is 1.50 bits per heavy atom. The van der Waals surface area contributed by atoms with Crippen molar-refractivity contribution in [2.24, 2.45) is 5.41 Å². The molecule has 1 atom stereocenters. The van der Waals surface area contributed by atoms with Crippen LogP contribution in [0.4, 0.5) is 0 Å². The maximum Gasteiger partial charge on any atom is 0.309 e. The summed E-state index contributed by atoms with van der Waals surface area (Å²) in [6, 6.07) is 0. The van der Waals surface area contributed by atoms with Crippen molar-refractivity contribution < 1.29 is 9.90 Å². The van der Waals surface area contributed by atoms with Crippen LogP contribution in [-0.2, 0) is 4.79 Å². The Balaban J connectivity index is 3.74. The fourth-order valence-corrected chi connectivity index (χ4v) is 3.31. The van der Waals surface area contributed by atoms with E-state index in [1.807, 2.05) is 6.92 Å². The molecule has 0 radical (unpaired) electrons. The largest absolute Gasteiger partial charge is 0.481 e. The van der Waals surface area contributed by atoms with Gasteiger partial charge in [0.05, 0.1) is 5.41 Å². The molecule has 1 N–H and O–H groups in total. The smallest absolute Gasteiger partial charge is 0.309 e. The van der Waals surface area contributed by atoms with Crippen molar-refractivity contribution in [3.63, 3.8) is 0 Å². The zero-order chi connectivity index (χ0) is 16.7. The number of aliphatic carboxylic acids is 1. The summed E-state index contributed by atoms with van der Waals surface area (Å²) < 4.78 is 0. The predicted molar refractivity (Wildman–Crippen MR) is 96.3 cm³/mol. The predicted octanol–water partition coefficient (Wildman–Crippen LogP) is 6.97. The van der Waals surface area contributed by atoms with Crippen molar-refractivity contribution >= 4 is 5.97 Å². The third kappa shape index (κ3) is 9.48. The Kier molecular flexibility index (Phi) is 13.7. The molecule has 1 unspecified atom stereocenters. The van der Waals surface area contributed by atoms with E-state index in [1.54, 1.807) is 0 Å². The van der Waals surface area contributed by atoms with Crippen LogP contribution in [0.1, 0.15) is 117 Å². The Hall–Kier alpha value is -0.530. The number of carboxylic acids is 1. The maximum absolute atomic E-state index is 11.6. The standard InChI is InChI=1S/C20H40O2/c1-4-7-9-10-11-12-13-14-15-16-18-20(6-3,19(21)22)17-8-5-2/h4-18H2,1-3H3,(H,21,22). The van der Waals surface area contributed by atoms with Crippen LogP contribution < -0.4 is 0 Å². The van der Waals surface area contributed by atoms with Gasteiger partial charge in [-0.1, -0.05) is 97.8 Å². The molecule has 0 aliphatic rings. The third-order valence-electron chi connectivity index (χ3n) is 5.15. The van der Waals surface area contributed by atoms with Crippen LogP contribution in [0, 0.1) is 5.41 Å². The summed E-state index contributed by atoms with van der Waals surface area (Å²) in [6.07, 6.45) is 17.8. The molecule has 0 aromatic carbocycles. The average Bonchev–Trinajstić information content (AvgIpc) is 2.52. The van der Waals surface area contributed by atoms with E-state index in [0.29, 0.717) is 0 Å². The van der Waals surface area contributed by atoms with E-state index in [9.17, 15) is 9.90 Å². The molecule has 0 bridgehead atoms. The van der Waals surface area contributed by atoms with Crippen molar-refractivity contribution in [1.29, 1.82) is 0 Å². The van der Waals surface area contributed by atoms with Gasteiger partial charge in [-0.05, 0) is 19.3 Å². The number of carboxylic acid groups (broad SMARTS) is 1. The molecule has 0 saturated carbocycles. The van der Waals surface area contributed by atoms with Gasteiger partial charge in [-0.25, -0.2) is 0 Å². The van der Waals surface area contributed by atoms with Crippen LogP contribution in [-0.4, -0.2) is 11.1 Å². The zero-order valence-corrected chi connectivity index (χ0v) is 15.5. The van der Waals surface area contributed by atoms with E-state index < -0.39 is 11.4 Å². The van der Waals surface area contributed by atoms with E-state index in [1.165, 1.54) is 57.8 Å². The molecular formula is C20H40O2. The molecule has 0 aromatic rings. The van der Waals surface area contributed by atoms with Crippen LogP contribution in [0.3, 0.4) is 0 Å². The van der Waals surface area contributed by atoms with E-state index in [2.05, 4.69) is 13.8 Å². The van der Waals surface area contributed by atoms with Crippen molar-refractivity contribution in [2.45, 2.75) is 117 Å². The Labute approximate surface area is 139 Å². The van der Waals surface area contributed by atoms with Crippen molar-refractivity contribution in [2.75, 3.05) is 0 Å². The fraction of sp³-hybridized carbons (Fsp3) is 0.950. The number of carbonyl (C=O) groups is 1. The van der Waals surface area contributed by atoms with Gasteiger partial charge in [-0.15, -0.1) is 0 Å². The summed E-state index contributed by atoms with van der Waals surface area (Å²) in [6.45, 7) is 6.44. The second-order valence-electron chi connectivity index (χ2n) is 6.97. The minimum absolute atomic E-state index is 0.448. The molecule has 132 valence electrons. The molecule has 0 rings (SSSR count). The van der Waals surface area contributed by atoms with Crippen LogP contribution in [0.15, 0.2) is 0 Å². The summed E-state index contributed by atoms with van der Waals surface area (Å²) >= 11 is 0. The van der Waals surface area contributed by atoms with Crippen molar-refractivity contribution in [3.8, 4) is 0 Å². The first kappa shape index (κ1) is 21.5. The Morgan fingerprint density at radius 1 is 0.682 bits per heavy atom. The Morgan fingerprint density at radius 2 is 1.09 bits per heavy atom. The topological polar surface area (TPSA) is 37.3 Å². The van der Waals surface area contributed by atoms with Crippen LogP contribution >= 0.6 is 0 Å². The van der Waals surface area contributed by atoms with Crippen molar-refractivity contribution in [1.82, 2.24) is 0 Å². The zero-order valence-electron chi connectivity index (χ0n) is 15.5. The average molecular weight is 313 g/mol. The first-order chi connectivity index (χ1) is 10.6. The highest BCUT2D eigenvalue weighted by atomic mass is 16.4. The van der Waals surface area contributed by atoms with Gasteiger partial charge in [-0.2, -0.15) is 0 Å². The minimum Gasteiger partial charge on any atom is -0.481 e. The van der Waals surface area contributed by atoms with Gasteiger partial charge in [0.25, 0.3) is 0 Å². The molecule has 2 heteroatoms. The first-order valence-electron chi connectivity index (χ1n) is 9.86. The maximum atomic E-state index is 11.6. The number of rotatable bonds is 16. The normalized spacial score (nSPS) is 14.0. The molecule has 22 heavy (non-hydrogen) atoms. The summed E-state index contributed by atoms with van der Waals surface area (Å²) in [7, 11) is 0. The molecule has 2 nitrogen and oxygen atoms in total. The highest BCUT2D eigenvalue weighted by Gasteiger charge is 2.35. The number of unbranched alkanes of at least 4 members (excludes halogenated alkanes) is 10. The van der Waals surface area contributed by atoms with E-state index >= 15 is 0 Å². The molecule has 0 spiro atoms. The third-order valence-corrected chi connectivity index (χ3v) is 5.15. The lowest BCUT2D eigenvalue weighted by atomic mass is 9.76. The van der Waals surface area contributed by atoms with Crippen molar-refractivity contribution in [3.05, 3.63) is 0 Å². The molecule has 0 fully saturated rings. The van der Waals surface area contributed by atoms with Crippen LogP contribution in [0.2, 0.25) is 0 Å². The van der Waals surface area contributed by atoms with E-state index in [4.69, 9.17) is 0 Å². The van der Waals surface area contributed by atoms with Gasteiger partial charge >= 0.3 is 5.97 Å². The molecule has 0 amide bonds. The van der Waals surface area contributed by atoms with Crippen LogP contribution in [0.5, 0.6) is 0 Å². The minimum atomic E-state index is -0.570. The highest BCUT2D eigenvalue weighted by Crippen LogP contribution is 2.35. The molecule has 0 heterocycles. The summed E-state index contributed by atoms with van der Waals surface area (Å²) in [5.74, 6) is -0.570. The van der Waals surface area contributed by atoms with Gasteiger partial charge in [0.1, 0.15) is 0 Å². The first-order valence-corrected chi connectivity index (χ1v) is 9.86. The molecule has 0 saturated heterocycles. The lowest BCUT2D eigenvalue weighted by Crippen LogP contribution is -2.30. The van der Waals surface area contributed by atoms with E-state index in [-0.39, 0.29) is 0 Å².